The summed E-state index contributed by atoms with van der Waals surface area (Å²) in [6.45, 7) is 0. The van der Waals surface area contributed by atoms with Crippen molar-refractivity contribution in [3.8, 4) is 0 Å². The van der Waals surface area contributed by atoms with E-state index in [0.717, 1.165) is 13.2 Å². The van der Waals surface area contributed by atoms with Gasteiger partial charge in [0, 0.05) is 17.8 Å². The molecule has 0 saturated carbocycles. The highest BCUT2D eigenvalue weighted by Gasteiger charge is 2.13. The van der Waals surface area contributed by atoms with Gasteiger partial charge in [-0.25, -0.2) is 9.59 Å². The summed E-state index contributed by atoms with van der Waals surface area (Å²) < 4.78 is 8.92. The van der Waals surface area contributed by atoms with E-state index < -0.39 is 16.9 Å². The molecule has 106 valence electrons. The predicted octanol–water partition coefficient (Wildman–Crippen LogP) is 1.24. The Morgan fingerprint density at radius 2 is 1.80 bits per heavy atom. The van der Waals surface area contributed by atoms with Crippen LogP contribution in [0, 0.1) is 10.1 Å². The van der Waals surface area contributed by atoms with Crippen molar-refractivity contribution in [2.75, 3.05) is 19.5 Å². The molecule has 1 rings (SSSR count). The number of esters is 2. The first-order valence-corrected chi connectivity index (χ1v) is 5.37. The van der Waals surface area contributed by atoms with Crippen LogP contribution in [0.3, 0.4) is 0 Å². The van der Waals surface area contributed by atoms with E-state index in [1.165, 1.54) is 31.4 Å². The van der Waals surface area contributed by atoms with Gasteiger partial charge in [0.1, 0.15) is 5.70 Å². The van der Waals surface area contributed by atoms with Crippen LogP contribution in [0.25, 0.3) is 0 Å². The van der Waals surface area contributed by atoms with Gasteiger partial charge >= 0.3 is 11.9 Å². The quantitative estimate of drug-likeness (QED) is 0.374. The average molecular weight is 280 g/mol. The third-order valence-electron chi connectivity index (χ3n) is 2.23. The van der Waals surface area contributed by atoms with E-state index in [1.54, 1.807) is 0 Å². The lowest BCUT2D eigenvalue weighted by atomic mass is 10.2. The van der Waals surface area contributed by atoms with Crippen LogP contribution in [0.5, 0.6) is 0 Å². The summed E-state index contributed by atoms with van der Waals surface area (Å²) in [6.07, 6.45) is 0.924. The summed E-state index contributed by atoms with van der Waals surface area (Å²) in [5, 5.41) is 13.1. The molecule has 0 bridgehead atoms. The minimum Gasteiger partial charge on any atom is -0.466 e. The first kappa shape index (κ1) is 15.2. The lowest BCUT2D eigenvalue weighted by Crippen LogP contribution is -2.15. The Balaban J connectivity index is 2.95. The van der Waals surface area contributed by atoms with Crippen molar-refractivity contribution in [3.05, 3.63) is 46.2 Å². The van der Waals surface area contributed by atoms with Gasteiger partial charge < -0.3 is 14.8 Å². The van der Waals surface area contributed by atoms with Gasteiger partial charge in [-0.05, 0) is 12.1 Å². The largest absolute Gasteiger partial charge is 0.466 e. The maximum absolute atomic E-state index is 11.5. The second-order valence-electron chi connectivity index (χ2n) is 3.50. The highest BCUT2D eigenvalue weighted by atomic mass is 16.6. The molecule has 8 nitrogen and oxygen atoms in total. The van der Waals surface area contributed by atoms with Gasteiger partial charge in [-0.15, -0.1) is 0 Å². The Labute approximate surface area is 114 Å². The van der Waals surface area contributed by atoms with E-state index in [0.29, 0.717) is 5.69 Å². The van der Waals surface area contributed by atoms with Crippen molar-refractivity contribution in [2.24, 2.45) is 0 Å². The molecule has 0 aliphatic carbocycles. The fraction of sp³-hybridized carbons (Fsp3) is 0.167. The fourth-order valence-corrected chi connectivity index (χ4v) is 1.25. The molecule has 0 aliphatic rings. The maximum atomic E-state index is 11.5. The van der Waals surface area contributed by atoms with E-state index in [2.05, 4.69) is 14.8 Å². The maximum Gasteiger partial charge on any atom is 0.354 e. The standard InChI is InChI=1S/C12H12N2O6/c1-19-11(15)7-10(12(16)20-2)13-8-3-5-9(6-4-8)14(17)18/h3-7,13H,1-2H3/b10-7-. The molecular formula is C12H12N2O6. The SMILES string of the molecule is COC(=O)/C=C(\Nc1ccc([N+](=O)[O-])cc1)C(=O)OC. The van der Waals surface area contributed by atoms with E-state index >= 15 is 0 Å². The zero-order valence-electron chi connectivity index (χ0n) is 10.8. The Hall–Kier alpha value is -2.90. The first-order chi connectivity index (χ1) is 9.47. The molecule has 1 N–H and O–H groups in total. The van der Waals surface area contributed by atoms with Crippen molar-refractivity contribution in [1.29, 1.82) is 0 Å². The molecule has 0 amide bonds. The predicted molar refractivity (Wildman–Crippen MR) is 68.8 cm³/mol. The van der Waals surface area contributed by atoms with Crippen LogP contribution < -0.4 is 5.32 Å². The van der Waals surface area contributed by atoms with Gasteiger partial charge in [0.05, 0.1) is 25.2 Å². The minimum atomic E-state index is -0.770. The van der Waals surface area contributed by atoms with Crippen LogP contribution in [0.2, 0.25) is 0 Å². The van der Waals surface area contributed by atoms with Crippen molar-refractivity contribution >= 4 is 23.3 Å². The van der Waals surface area contributed by atoms with Gasteiger partial charge in [0.15, 0.2) is 0 Å². The average Bonchev–Trinajstić information content (AvgIpc) is 2.46. The molecule has 0 heterocycles. The van der Waals surface area contributed by atoms with Gasteiger partial charge in [-0.3, -0.25) is 10.1 Å². The second-order valence-corrected chi connectivity index (χ2v) is 3.50. The van der Waals surface area contributed by atoms with Crippen LogP contribution in [-0.2, 0) is 19.1 Å². The number of hydrogen-bond donors (Lipinski definition) is 1. The highest BCUT2D eigenvalue weighted by Crippen LogP contribution is 2.17. The second kappa shape index (κ2) is 6.88. The summed E-state index contributed by atoms with van der Waals surface area (Å²) >= 11 is 0. The molecule has 0 unspecified atom stereocenters. The summed E-state index contributed by atoms with van der Waals surface area (Å²) in [5.41, 5.74) is 0.150. The van der Waals surface area contributed by atoms with Gasteiger partial charge in [0.25, 0.3) is 5.69 Å². The molecule has 0 aliphatic heterocycles. The number of nitro groups is 1. The number of nitrogens with zero attached hydrogens (tertiary/aromatic N) is 1. The third-order valence-corrected chi connectivity index (χ3v) is 2.23. The van der Waals surface area contributed by atoms with E-state index in [9.17, 15) is 19.7 Å². The number of methoxy groups -OCH3 is 2. The number of ether oxygens (including phenoxy) is 2. The van der Waals surface area contributed by atoms with Gasteiger partial charge in [-0.2, -0.15) is 0 Å². The number of anilines is 1. The summed E-state index contributed by atoms with van der Waals surface area (Å²) in [5.74, 6) is -1.51. The van der Waals surface area contributed by atoms with Crippen molar-refractivity contribution in [2.45, 2.75) is 0 Å². The lowest BCUT2D eigenvalue weighted by molar-refractivity contribution is -0.384. The number of non-ortho nitro benzene ring substituents is 1. The number of benzene rings is 1. The Bertz CT molecular complexity index is 550. The number of carbonyl (C=O) groups excluding carboxylic acids is 2. The van der Waals surface area contributed by atoms with E-state index in [1.807, 2.05) is 0 Å². The first-order valence-electron chi connectivity index (χ1n) is 5.37. The molecule has 0 aromatic heterocycles. The molecule has 0 atom stereocenters. The smallest absolute Gasteiger partial charge is 0.354 e. The Kier molecular flexibility index (Phi) is 5.21. The molecular weight excluding hydrogens is 268 g/mol. The molecule has 0 spiro atoms. The van der Waals surface area contributed by atoms with Crippen LogP contribution in [0.1, 0.15) is 0 Å². The van der Waals surface area contributed by atoms with Crippen LogP contribution in [0.15, 0.2) is 36.0 Å². The zero-order valence-corrected chi connectivity index (χ0v) is 10.8. The van der Waals surface area contributed by atoms with Crippen LogP contribution in [-0.4, -0.2) is 31.1 Å². The normalized spacial score (nSPS) is 10.6. The number of hydrogen-bond acceptors (Lipinski definition) is 7. The van der Waals surface area contributed by atoms with Gasteiger partial charge in [0.2, 0.25) is 0 Å². The zero-order chi connectivity index (χ0) is 15.1. The monoisotopic (exact) mass is 280 g/mol. The summed E-state index contributed by atoms with van der Waals surface area (Å²) in [4.78, 5) is 32.6. The fourth-order valence-electron chi connectivity index (χ4n) is 1.25. The van der Waals surface area contributed by atoms with Crippen LogP contribution in [0.4, 0.5) is 11.4 Å². The number of nitrogens with one attached hydrogen (secondary N) is 1. The molecule has 0 fully saturated rings. The van der Waals surface area contributed by atoms with Crippen molar-refractivity contribution in [3.63, 3.8) is 0 Å². The molecule has 0 saturated heterocycles. The topological polar surface area (TPSA) is 108 Å². The summed E-state index contributed by atoms with van der Waals surface area (Å²) in [6, 6.07) is 5.31. The number of carbonyl (C=O) groups is 2. The lowest BCUT2D eigenvalue weighted by Gasteiger charge is -2.08. The van der Waals surface area contributed by atoms with Gasteiger partial charge in [-0.1, -0.05) is 0 Å². The Morgan fingerprint density at radius 1 is 1.20 bits per heavy atom. The number of rotatable bonds is 5. The molecule has 1 aromatic carbocycles. The molecule has 20 heavy (non-hydrogen) atoms. The third kappa shape index (κ3) is 4.09. The summed E-state index contributed by atoms with van der Waals surface area (Å²) in [7, 11) is 2.32. The number of nitro benzene ring substituents is 1. The van der Waals surface area contributed by atoms with Crippen molar-refractivity contribution < 1.29 is 24.0 Å². The highest BCUT2D eigenvalue weighted by molar-refractivity contribution is 5.98. The van der Waals surface area contributed by atoms with Crippen molar-refractivity contribution in [1.82, 2.24) is 0 Å². The molecule has 1 aromatic rings. The van der Waals surface area contributed by atoms with E-state index in [-0.39, 0.29) is 11.4 Å². The van der Waals surface area contributed by atoms with E-state index in [4.69, 9.17) is 0 Å². The molecule has 0 radical (unpaired) electrons. The Morgan fingerprint density at radius 3 is 2.25 bits per heavy atom. The molecule has 8 heteroatoms. The minimum absolute atomic E-state index is 0.0906. The van der Waals surface area contributed by atoms with Crippen LogP contribution >= 0.6 is 0 Å².